The van der Waals surface area contributed by atoms with E-state index in [1.165, 1.54) is 30.2 Å². The van der Waals surface area contributed by atoms with Crippen molar-refractivity contribution in [2.75, 3.05) is 18.2 Å². The first-order valence-corrected chi connectivity index (χ1v) is 9.94. The Bertz CT molecular complexity index is 981. The average Bonchev–Trinajstić information content (AvgIpc) is 3.26. The van der Waals surface area contributed by atoms with Crippen LogP contribution in [0.15, 0.2) is 40.9 Å². The molecule has 0 saturated carbocycles. The minimum atomic E-state index is -0.470. The summed E-state index contributed by atoms with van der Waals surface area (Å²) < 4.78 is 6.65. The smallest absolute Gasteiger partial charge is 0.350 e. The van der Waals surface area contributed by atoms with Crippen molar-refractivity contribution in [2.24, 2.45) is 0 Å². The number of benzene rings is 1. The Morgan fingerprint density at radius 1 is 1.22 bits per heavy atom. The van der Waals surface area contributed by atoms with Crippen molar-refractivity contribution in [1.29, 1.82) is 0 Å². The maximum absolute atomic E-state index is 12.3. The summed E-state index contributed by atoms with van der Waals surface area (Å²) >= 11 is 2.51. The fraction of sp³-hybridized carbons (Fsp3) is 0.222. The van der Waals surface area contributed by atoms with Gasteiger partial charge < -0.3 is 10.1 Å². The van der Waals surface area contributed by atoms with E-state index in [0.717, 1.165) is 17.1 Å². The van der Waals surface area contributed by atoms with E-state index in [0.29, 0.717) is 15.7 Å². The third-order valence-corrected chi connectivity index (χ3v) is 5.62. The molecule has 0 atom stereocenters. The highest BCUT2D eigenvalue weighted by Crippen LogP contribution is 2.26. The summed E-state index contributed by atoms with van der Waals surface area (Å²) in [4.78, 5) is 24.4. The van der Waals surface area contributed by atoms with Gasteiger partial charge in [0.25, 0.3) is 0 Å². The second-order valence-corrected chi connectivity index (χ2v) is 7.50. The zero-order chi connectivity index (χ0) is 19.4. The Labute approximate surface area is 164 Å². The first-order valence-electron chi connectivity index (χ1n) is 8.07. The molecule has 9 heteroatoms. The molecule has 3 aromatic rings. The van der Waals surface area contributed by atoms with Crippen LogP contribution in [0.25, 0.3) is 5.69 Å². The van der Waals surface area contributed by atoms with Gasteiger partial charge in [-0.15, -0.1) is 21.5 Å². The van der Waals surface area contributed by atoms with Gasteiger partial charge in [0.1, 0.15) is 10.7 Å². The van der Waals surface area contributed by atoms with E-state index in [-0.39, 0.29) is 11.7 Å². The maximum atomic E-state index is 12.3. The summed E-state index contributed by atoms with van der Waals surface area (Å²) in [6.45, 7) is 3.89. The number of rotatable bonds is 6. The SMILES string of the molecule is COC(=O)c1sccc1NC(=O)CSc1nnc(C)n1-c1ccccc1C. The van der Waals surface area contributed by atoms with Gasteiger partial charge >= 0.3 is 5.97 Å². The van der Waals surface area contributed by atoms with Gasteiger partial charge in [-0.2, -0.15) is 0 Å². The molecule has 0 saturated heterocycles. The number of aryl methyl sites for hydroxylation is 2. The first-order chi connectivity index (χ1) is 13.0. The Morgan fingerprint density at radius 2 is 2.00 bits per heavy atom. The van der Waals surface area contributed by atoms with Gasteiger partial charge in [-0.3, -0.25) is 9.36 Å². The van der Waals surface area contributed by atoms with Crippen LogP contribution in [0.5, 0.6) is 0 Å². The van der Waals surface area contributed by atoms with Gasteiger partial charge in [-0.1, -0.05) is 30.0 Å². The molecule has 0 aliphatic rings. The predicted octanol–water partition coefficient (Wildman–Crippen LogP) is 3.46. The number of thiophene rings is 1. The van der Waals surface area contributed by atoms with E-state index >= 15 is 0 Å². The van der Waals surface area contributed by atoms with Crippen LogP contribution < -0.4 is 5.32 Å². The van der Waals surface area contributed by atoms with E-state index in [4.69, 9.17) is 4.74 Å². The van der Waals surface area contributed by atoms with E-state index in [2.05, 4.69) is 15.5 Å². The van der Waals surface area contributed by atoms with Crippen LogP contribution in [0.1, 0.15) is 21.1 Å². The van der Waals surface area contributed by atoms with Crippen LogP contribution in [0.4, 0.5) is 5.69 Å². The maximum Gasteiger partial charge on any atom is 0.350 e. The molecule has 1 N–H and O–H groups in total. The number of nitrogens with zero attached hydrogens (tertiary/aromatic N) is 3. The molecule has 1 amide bonds. The number of amides is 1. The van der Waals surface area contributed by atoms with Crippen molar-refractivity contribution in [1.82, 2.24) is 14.8 Å². The molecular weight excluding hydrogens is 384 g/mol. The fourth-order valence-electron chi connectivity index (χ4n) is 2.50. The molecule has 0 unspecified atom stereocenters. The fourth-order valence-corrected chi connectivity index (χ4v) is 4.06. The van der Waals surface area contributed by atoms with Gasteiger partial charge in [-0.05, 0) is 36.9 Å². The van der Waals surface area contributed by atoms with E-state index in [9.17, 15) is 9.59 Å². The molecule has 140 valence electrons. The first kappa shape index (κ1) is 19.1. The third-order valence-electron chi connectivity index (χ3n) is 3.79. The molecular formula is C18H18N4O3S2. The van der Waals surface area contributed by atoms with Crippen molar-refractivity contribution in [3.8, 4) is 5.69 Å². The topological polar surface area (TPSA) is 86.1 Å². The number of hydrogen-bond donors (Lipinski definition) is 1. The summed E-state index contributed by atoms with van der Waals surface area (Å²) in [7, 11) is 1.31. The minimum Gasteiger partial charge on any atom is -0.465 e. The monoisotopic (exact) mass is 402 g/mol. The number of esters is 1. The number of para-hydroxylation sites is 1. The Kier molecular flexibility index (Phi) is 5.92. The van der Waals surface area contributed by atoms with Crippen LogP contribution in [0.3, 0.4) is 0 Å². The lowest BCUT2D eigenvalue weighted by molar-refractivity contribution is -0.113. The van der Waals surface area contributed by atoms with Gasteiger partial charge in [0.15, 0.2) is 5.16 Å². The Morgan fingerprint density at radius 3 is 2.74 bits per heavy atom. The van der Waals surface area contributed by atoms with Crippen LogP contribution >= 0.6 is 23.1 Å². The Balaban J connectivity index is 1.71. The van der Waals surface area contributed by atoms with Gasteiger partial charge in [-0.25, -0.2) is 4.79 Å². The number of aromatic nitrogens is 3. The number of ether oxygens (including phenoxy) is 1. The van der Waals surface area contributed by atoms with E-state index < -0.39 is 5.97 Å². The molecule has 0 fully saturated rings. The summed E-state index contributed by atoms with van der Waals surface area (Å²) in [5.41, 5.74) is 2.52. The van der Waals surface area contributed by atoms with Crippen LogP contribution in [0, 0.1) is 13.8 Å². The molecule has 27 heavy (non-hydrogen) atoms. The third kappa shape index (κ3) is 4.20. The highest BCUT2D eigenvalue weighted by atomic mass is 32.2. The molecule has 3 rings (SSSR count). The van der Waals surface area contributed by atoms with Crippen molar-refractivity contribution in [3.05, 3.63) is 52.0 Å². The lowest BCUT2D eigenvalue weighted by Crippen LogP contribution is -2.16. The molecule has 0 spiro atoms. The zero-order valence-electron chi connectivity index (χ0n) is 15.1. The average molecular weight is 403 g/mol. The molecule has 1 aromatic carbocycles. The lowest BCUT2D eigenvalue weighted by atomic mass is 10.2. The minimum absolute atomic E-state index is 0.139. The molecule has 2 heterocycles. The molecule has 7 nitrogen and oxygen atoms in total. The number of methoxy groups -OCH3 is 1. The van der Waals surface area contributed by atoms with Crippen molar-refractivity contribution >= 4 is 40.7 Å². The molecule has 2 aromatic heterocycles. The second kappa shape index (κ2) is 8.36. The molecule has 0 bridgehead atoms. The van der Waals surface area contributed by atoms with Gasteiger partial charge in [0.2, 0.25) is 5.91 Å². The summed E-state index contributed by atoms with van der Waals surface area (Å²) in [6, 6.07) is 9.61. The Hall–Kier alpha value is -2.65. The largest absolute Gasteiger partial charge is 0.465 e. The van der Waals surface area contributed by atoms with E-state index in [1.54, 1.807) is 11.4 Å². The van der Waals surface area contributed by atoms with Crippen LogP contribution in [0.2, 0.25) is 0 Å². The number of anilines is 1. The van der Waals surface area contributed by atoms with E-state index in [1.807, 2.05) is 42.7 Å². The normalized spacial score (nSPS) is 10.6. The van der Waals surface area contributed by atoms with Crippen LogP contribution in [-0.4, -0.2) is 39.5 Å². The van der Waals surface area contributed by atoms with Gasteiger partial charge in [0.05, 0.1) is 24.2 Å². The lowest BCUT2D eigenvalue weighted by Gasteiger charge is -2.11. The highest BCUT2D eigenvalue weighted by molar-refractivity contribution is 7.99. The molecule has 0 aliphatic carbocycles. The number of carbonyl (C=O) groups is 2. The summed E-state index contributed by atoms with van der Waals surface area (Å²) in [5, 5.41) is 13.4. The molecule has 0 radical (unpaired) electrons. The number of hydrogen-bond acceptors (Lipinski definition) is 7. The van der Waals surface area contributed by atoms with Gasteiger partial charge in [0, 0.05) is 0 Å². The number of thioether (sulfide) groups is 1. The van der Waals surface area contributed by atoms with Crippen LogP contribution in [-0.2, 0) is 9.53 Å². The summed E-state index contributed by atoms with van der Waals surface area (Å²) in [6.07, 6.45) is 0. The summed E-state index contributed by atoms with van der Waals surface area (Å²) in [5.74, 6) is 0.182. The standard InChI is InChI=1S/C18H18N4O3S2/c1-11-6-4-5-7-14(11)22-12(2)20-21-18(22)27-10-15(23)19-13-8-9-26-16(13)17(24)25-3/h4-9H,10H2,1-3H3,(H,19,23). The quantitative estimate of drug-likeness (QED) is 0.502. The predicted molar refractivity (Wildman–Crippen MR) is 106 cm³/mol. The van der Waals surface area contributed by atoms with Crippen molar-refractivity contribution in [3.63, 3.8) is 0 Å². The number of nitrogens with one attached hydrogen (secondary N) is 1. The second-order valence-electron chi connectivity index (χ2n) is 5.64. The van der Waals surface area contributed by atoms with Crippen molar-refractivity contribution in [2.45, 2.75) is 19.0 Å². The number of carbonyl (C=O) groups excluding carboxylic acids is 2. The zero-order valence-corrected chi connectivity index (χ0v) is 16.7. The molecule has 0 aliphatic heterocycles. The van der Waals surface area contributed by atoms with Crippen molar-refractivity contribution < 1.29 is 14.3 Å². The highest BCUT2D eigenvalue weighted by Gasteiger charge is 2.18.